The van der Waals surface area contributed by atoms with Gasteiger partial charge in [-0.1, -0.05) is 0 Å². The number of carbonyl (C=O) groups is 2. The second-order valence-corrected chi connectivity index (χ2v) is 7.80. The van der Waals surface area contributed by atoms with E-state index in [1.54, 1.807) is 21.9 Å². The fourth-order valence-corrected chi connectivity index (χ4v) is 4.58. The lowest BCUT2D eigenvalue weighted by atomic mass is 9.90. The molecule has 174 valence electrons. The molecule has 10 heteroatoms. The number of amides is 2. The van der Waals surface area contributed by atoms with Gasteiger partial charge in [0, 0.05) is 25.8 Å². The zero-order chi connectivity index (χ0) is 23.3. The van der Waals surface area contributed by atoms with Crippen molar-refractivity contribution in [2.45, 2.75) is 18.9 Å². The first-order valence-corrected chi connectivity index (χ1v) is 10.4. The molecule has 33 heavy (non-hydrogen) atoms. The summed E-state index contributed by atoms with van der Waals surface area (Å²) in [7, 11) is 6.00. The zero-order valence-corrected chi connectivity index (χ0v) is 18.7. The monoisotopic (exact) mass is 456 g/mol. The number of rotatable bonds is 6. The number of anilines is 1. The Hall–Kier alpha value is -3.50. The Kier molecular flexibility index (Phi) is 5.26. The third-order valence-electron chi connectivity index (χ3n) is 6.19. The van der Waals surface area contributed by atoms with E-state index in [9.17, 15) is 9.59 Å². The average molecular weight is 456 g/mol. The van der Waals surface area contributed by atoms with Gasteiger partial charge in [0.2, 0.25) is 12.7 Å². The van der Waals surface area contributed by atoms with Gasteiger partial charge < -0.3 is 33.3 Å². The first-order chi connectivity index (χ1) is 16.0. The quantitative estimate of drug-likeness (QED) is 0.610. The topological polar surface area (TPSA) is 96.0 Å². The highest BCUT2D eigenvalue weighted by molar-refractivity contribution is 6.10. The lowest BCUT2D eigenvalue weighted by Crippen LogP contribution is -2.56. The lowest BCUT2D eigenvalue weighted by molar-refractivity contribution is -0.125. The van der Waals surface area contributed by atoms with Gasteiger partial charge in [-0.3, -0.25) is 14.5 Å². The SMILES string of the molecule is COc1cc2c(cc1OC)N1C(=O)Cc3cc4c(cc3C1N(CC(OC)OC)C2=O)OCO4. The molecule has 0 aliphatic carbocycles. The van der Waals surface area contributed by atoms with Crippen molar-refractivity contribution in [2.24, 2.45) is 0 Å². The molecule has 0 radical (unpaired) electrons. The number of benzene rings is 2. The molecule has 1 atom stereocenters. The molecule has 0 saturated carbocycles. The van der Waals surface area contributed by atoms with E-state index in [0.29, 0.717) is 34.2 Å². The van der Waals surface area contributed by atoms with Crippen LogP contribution < -0.4 is 23.8 Å². The molecule has 1 unspecified atom stereocenters. The molecule has 0 spiro atoms. The summed E-state index contributed by atoms with van der Waals surface area (Å²) in [6.07, 6.45) is -1.26. The third kappa shape index (κ3) is 3.25. The Balaban J connectivity index is 1.72. The van der Waals surface area contributed by atoms with Crippen molar-refractivity contribution in [3.8, 4) is 23.0 Å². The molecule has 2 aromatic rings. The number of methoxy groups -OCH3 is 4. The maximum atomic E-state index is 13.8. The van der Waals surface area contributed by atoms with E-state index in [-0.39, 0.29) is 31.6 Å². The second-order valence-electron chi connectivity index (χ2n) is 7.80. The minimum atomic E-state index is -0.721. The number of carbonyl (C=O) groups excluding carboxylic acids is 2. The van der Waals surface area contributed by atoms with Crippen LogP contribution in [0.5, 0.6) is 23.0 Å². The van der Waals surface area contributed by atoms with E-state index in [0.717, 1.165) is 11.1 Å². The predicted molar refractivity (Wildman–Crippen MR) is 115 cm³/mol. The molecule has 3 aliphatic heterocycles. The number of hydrogen-bond donors (Lipinski definition) is 0. The van der Waals surface area contributed by atoms with Crippen LogP contribution in [0.4, 0.5) is 5.69 Å². The predicted octanol–water partition coefficient (Wildman–Crippen LogP) is 2.10. The van der Waals surface area contributed by atoms with Crippen LogP contribution in [0.1, 0.15) is 27.7 Å². The minimum absolute atomic E-state index is 0.0992. The number of nitrogens with zero attached hydrogens (tertiary/aromatic N) is 2. The molecular formula is C23H24N2O8. The van der Waals surface area contributed by atoms with Crippen LogP contribution in [-0.4, -0.2) is 64.8 Å². The van der Waals surface area contributed by atoms with Crippen LogP contribution in [0, 0.1) is 0 Å². The van der Waals surface area contributed by atoms with Crippen LogP contribution >= 0.6 is 0 Å². The van der Waals surface area contributed by atoms with Crippen molar-refractivity contribution in [3.63, 3.8) is 0 Å². The molecular weight excluding hydrogens is 432 g/mol. The maximum absolute atomic E-state index is 13.8. The summed E-state index contributed by atoms with van der Waals surface area (Å²) in [5, 5.41) is 0. The first-order valence-electron chi connectivity index (χ1n) is 10.4. The van der Waals surface area contributed by atoms with E-state index in [1.165, 1.54) is 28.4 Å². The van der Waals surface area contributed by atoms with Crippen LogP contribution in [0.15, 0.2) is 24.3 Å². The molecule has 0 fully saturated rings. The molecule has 3 aliphatic rings. The van der Waals surface area contributed by atoms with E-state index in [1.807, 2.05) is 12.1 Å². The van der Waals surface area contributed by atoms with Crippen molar-refractivity contribution < 1.29 is 38.0 Å². The largest absolute Gasteiger partial charge is 0.493 e. The van der Waals surface area contributed by atoms with Gasteiger partial charge in [0.05, 0.1) is 38.4 Å². The molecule has 5 rings (SSSR count). The summed E-state index contributed by atoms with van der Waals surface area (Å²) in [5.74, 6) is 1.53. The Morgan fingerprint density at radius 3 is 2.30 bits per heavy atom. The number of hydrogen-bond acceptors (Lipinski definition) is 8. The van der Waals surface area contributed by atoms with Crippen LogP contribution in [0.25, 0.3) is 0 Å². The fraction of sp³-hybridized carbons (Fsp3) is 0.391. The highest BCUT2D eigenvalue weighted by Crippen LogP contribution is 2.49. The normalized spacial score (nSPS) is 18.3. The Morgan fingerprint density at radius 2 is 1.64 bits per heavy atom. The van der Waals surface area contributed by atoms with Crippen molar-refractivity contribution >= 4 is 17.5 Å². The Bertz CT molecular complexity index is 1130. The van der Waals surface area contributed by atoms with Gasteiger partial charge in [-0.15, -0.1) is 0 Å². The minimum Gasteiger partial charge on any atom is -0.493 e. The highest BCUT2D eigenvalue weighted by Gasteiger charge is 2.47. The summed E-state index contributed by atoms with van der Waals surface area (Å²) in [6, 6.07) is 6.90. The van der Waals surface area contributed by atoms with E-state index >= 15 is 0 Å². The van der Waals surface area contributed by atoms with Gasteiger partial charge in [0.15, 0.2) is 29.3 Å². The summed E-state index contributed by atoms with van der Waals surface area (Å²) in [6.45, 7) is 0.209. The van der Waals surface area contributed by atoms with Crippen LogP contribution in [0.2, 0.25) is 0 Å². The number of ether oxygens (including phenoxy) is 6. The smallest absolute Gasteiger partial charge is 0.258 e. The lowest BCUT2D eigenvalue weighted by Gasteiger charge is -2.48. The molecule has 0 N–H and O–H groups in total. The van der Waals surface area contributed by atoms with Gasteiger partial charge in [0.1, 0.15) is 6.17 Å². The molecule has 2 aromatic carbocycles. The van der Waals surface area contributed by atoms with Crippen molar-refractivity contribution in [3.05, 3.63) is 41.0 Å². The van der Waals surface area contributed by atoms with Gasteiger partial charge in [-0.2, -0.15) is 0 Å². The van der Waals surface area contributed by atoms with E-state index in [2.05, 4.69) is 0 Å². The van der Waals surface area contributed by atoms with Gasteiger partial charge in [-0.25, -0.2) is 0 Å². The van der Waals surface area contributed by atoms with Crippen molar-refractivity contribution in [2.75, 3.05) is 46.7 Å². The van der Waals surface area contributed by atoms with Crippen molar-refractivity contribution in [1.82, 2.24) is 4.90 Å². The van der Waals surface area contributed by atoms with Crippen molar-refractivity contribution in [1.29, 1.82) is 0 Å². The molecule has 0 aromatic heterocycles. The summed E-state index contributed by atoms with van der Waals surface area (Å²) in [4.78, 5) is 30.4. The highest BCUT2D eigenvalue weighted by atomic mass is 16.7. The van der Waals surface area contributed by atoms with Gasteiger partial charge >= 0.3 is 0 Å². The Labute approximate surface area is 190 Å². The molecule has 3 heterocycles. The number of fused-ring (bicyclic) bond motifs is 6. The average Bonchev–Trinajstić information content (AvgIpc) is 3.29. The van der Waals surface area contributed by atoms with E-state index in [4.69, 9.17) is 28.4 Å². The second kappa shape index (κ2) is 8.13. The zero-order valence-electron chi connectivity index (χ0n) is 18.7. The van der Waals surface area contributed by atoms with Gasteiger partial charge in [-0.05, 0) is 23.8 Å². The molecule has 10 nitrogen and oxygen atoms in total. The summed E-state index contributed by atoms with van der Waals surface area (Å²) < 4.78 is 32.7. The van der Waals surface area contributed by atoms with Crippen LogP contribution in [-0.2, 0) is 20.7 Å². The molecule has 0 saturated heterocycles. The summed E-state index contributed by atoms with van der Waals surface area (Å²) in [5.41, 5.74) is 2.34. The standard InChI is InChI=1S/C23H24N2O8/c1-28-16-8-14-15(9-17(16)29-2)25-20(26)6-12-5-18-19(33-11-32-18)7-13(12)22(25)24(23(14)27)10-21(30-3)31-4/h5,7-9,21-22H,6,10-11H2,1-4H3. The van der Waals surface area contributed by atoms with E-state index < -0.39 is 12.5 Å². The molecule has 0 bridgehead atoms. The summed E-state index contributed by atoms with van der Waals surface area (Å²) >= 11 is 0. The maximum Gasteiger partial charge on any atom is 0.258 e. The van der Waals surface area contributed by atoms with Gasteiger partial charge in [0.25, 0.3) is 5.91 Å². The first kappa shape index (κ1) is 21.4. The van der Waals surface area contributed by atoms with Crippen LogP contribution in [0.3, 0.4) is 0 Å². The third-order valence-corrected chi connectivity index (χ3v) is 6.19. The Morgan fingerprint density at radius 1 is 0.970 bits per heavy atom. The molecule has 2 amide bonds. The fourth-order valence-electron chi connectivity index (χ4n) is 4.58.